The summed E-state index contributed by atoms with van der Waals surface area (Å²) < 4.78 is 26.9. The minimum atomic E-state index is -3.62. The molecule has 1 aliphatic carbocycles. The van der Waals surface area contributed by atoms with Crippen molar-refractivity contribution in [3.63, 3.8) is 0 Å². The Kier molecular flexibility index (Phi) is 10.7. The van der Waals surface area contributed by atoms with Crippen molar-refractivity contribution in [2.24, 2.45) is 0 Å². The summed E-state index contributed by atoms with van der Waals surface area (Å²) in [5, 5.41) is 3.19. The number of aryl methyl sites for hydroxylation is 1. The van der Waals surface area contributed by atoms with Gasteiger partial charge in [-0.3, -0.25) is 9.59 Å². The molecule has 1 fully saturated rings. The van der Waals surface area contributed by atoms with Gasteiger partial charge in [-0.15, -0.1) is 0 Å². The third-order valence-corrected chi connectivity index (χ3v) is 8.96. The van der Waals surface area contributed by atoms with E-state index in [1.165, 1.54) is 17.8 Å². The third kappa shape index (κ3) is 8.14. The maximum atomic E-state index is 13.5. The Morgan fingerprint density at radius 3 is 2.38 bits per heavy atom. The fourth-order valence-corrected chi connectivity index (χ4v) is 6.19. The Morgan fingerprint density at radius 2 is 1.73 bits per heavy atom. The van der Waals surface area contributed by atoms with E-state index in [9.17, 15) is 18.0 Å². The highest BCUT2D eigenvalue weighted by molar-refractivity contribution is 7.89. The molecule has 0 bridgehead atoms. The van der Waals surface area contributed by atoms with Crippen LogP contribution < -0.4 is 5.32 Å². The summed E-state index contributed by atoms with van der Waals surface area (Å²) in [7, 11) is -2.09. The molecule has 8 heteroatoms. The Bertz CT molecular complexity index is 1130. The van der Waals surface area contributed by atoms with Crippen LogP contribution in [0.25, 0.3) is 0 Å². The van der Waals surface area contributed by atoms with Crippen molar-refractivity contribution in [2.75, 3.05) is 13.6 Å². The molecule has 0 aliphatic heterocycles. The molecular formula is C29H41N3O4S. The van der Waals surface area contributed by atoms with Gasteiger partial charge in [0.25, 0.3) is 0 Å². The van der Waals surface area contributed by atoms with E-state index in [4.69, 9.17) is 0 Å². The van der Waals surface area contributed by atoms with Crippen LogP contribution in [0.2, 0.25) is 0 Å². The molecule has 1 unspecified atom stereocenters. The van der Waals surface area contributed by atoms with Crippen LogP contribution in [0, 0.1) is 6.92 Å². The first-order valence-corrected chi connectivity index (χ1v) is 14.8. The molecule has 0 radical (unpaired) electrons. The number of hydrogen-bond acceptors (Lipinski definition) is 4. The van der Waals surface area contributed by atoms with Crippen molar-refractivity contribution in [2.45, 2.75) is 88.7 Å². The fraction of sp³-hybridized carbons (Fsp3) is 0.517. The predicted molar refractivity (Wildman–Crippen MR) is 146 cm³/mol. The first-order valence-electron chi connectivity index (χ1n) is 13.4. The Morgan fingerprint density at radius 1 is 1.03 bits per heavy atom. The van der Waals surface area contributed by atoms with Gasteiger partial charge in [-0.05, 0) is 50.3 Å². The van der Waals surface area contributed by atoms with Gasteiger partial charge in [0.2, 0.25) is 21.8 Å². The van der Waals surface area contributed by atoms with Crippen molar-refractivity contribution in [3.8, 4) is 0 Å². The molecule has 1 N–H and O–H groups in total. The van der Waals surface area contributed by atoms with Crippen LogP contribution in [-0.4, -0.2) is 55.1 Å². The van der Waals surface area contributed by atoms with E-state index in [0.717, 1.165) is 36.8 Å². The maximum Gasteiger partial charge on any atom is 0.243 e. The van der Waals surface area contributed by atoms with Crippen LogP contribution in [0.1, 0.15) is 69.4 Å². The molecule has 0 heterocycles. The summed E-state index contributed by atoms with van der Waals surface area (Å²) >= 11 is 0. The van der Waals surface area contributed by atoms with E-state index in [-0.39, 0.29) is 35.7 Å². The normalized spacial score (nSPS) is 15.4. The molecule has 0 saturated heterocycles. The number of sulfonamides is 1. The zero-order valence-electron chi connectivity index (χ0n) is 22.4. The summed E-state index contributed by atoms with van der Waals surface area (Å²) in [6.45, 7) is 4.50. The van der Waals surface area contributed by atoms with Gasteiger partial charge in [-0.1, -0.05) is 74.2 Å². The van der Waals surface area contributed by atoms with Crippen LogP contribution in [-0.2, 0) is 26.2 Å². The molecule has 37 heavy (non-hydrogen) atoms. The standard InChI is InChI=1S/C29H41N3O4S/c1-4-27(29(34)30-25-15-7-5-8-16-25)32(22-24-14-11-13-23(2)21-24)28(33)19-12-20-31(3)37(35,36)26-17-9-6-10-18-26/h6,9-11,13-14,17-18,21,25,27H,4-5,7-8,12,15-16,19-20,22H2,1-3H3,(H,30,34). The molecule has 1 atom stereocenters. The fourth-order valence-electron chi connectivity index (χ4n) is 4.96. The summed E-state index contributed by atoms with van der Waals surface area (Å²) in [6.07, 6.45) is 6.45. The van der Waals surface area contributed by atoms with E-state index in [1.54, 1.807) is 35.2 Å². The highest BCUT2D eigenvalue weighted by atomic mass is 32.2. The van der Waals surface area contributed by atoms with Gasteiger partial charge in [-0.25, -0.2) is 12.7 Å². The largest absolute Gasteiger partial charge is 0.352 e. The van der Waals surface area contributed by atoms with E-state index in [2.05, 4.69) is 5.32 Å². The smallest absolute Gasteiger partial charge is 0.243 e. The summed E-state index contributed by atoms with van der Waals surface area (Å²) in [5.74, 6) is -0.239. The van der Waals surface area contributed by atoms with Gasteiger partial charge in [0.15, 0.2) is 0 Å². The second-order valence-electron chi connectivity index (χ2n) is 10.0. The summed E-state index contributed by atoms with van der Waals surface area (Å²) in [4.78, 5) is 28.7. The number of nitrogens with zero attached hydrogens (tertiary/aromatic N) is 2. The van der Waals surface area contributed by atoms with Gasteiger partial charge < -0.3 is 10.2 Å². The third-order valence-electron chi connectivity index (χ3n) is 7.09. The maximum absolute atomic E-state index is 13.5. The molecule has 202 valence electrons. The number of carbonyl (C=O) groups is 2. The Hall–Kier alpha value is -2.71. The molecule has 7 nitrogen and oxygen atoms in total. The van der Waals surface area contributed by atoms with Crippen LogP contribution >= 0.6 is 0 Å². The topological polar surface area (TPSA) is 86.8 Å². The SMILES string of the molecule is CCC(C(=O)NC1CCCCC1)N(Cc1cccc(C)c1)C(=O)CCCN(C)S(=O)(=O)c1ccccc1. The Balaban J connectivity index is 1.69. The number of nitrogens with one attached hydrogen (secondary N) is 1. The highest BCUT2D eigenvalue weighted by Gasteiger charge is 2.30. The molecular weight excluding hydrogens is 486 g/mol. The minimum absolute atomic E-state index is 0.0980. The first kappa shape index (κ1) is 28.9. The van der Waals surface area contributed by atoms with E-state index in [1.807, 2.05) is 38.1 Å². The van der Waals surface area contributed by atoms with Crippen molar-refractivity contribution in [3.05, 3.63) is 65.7 Å². The minimum Gasteiger partial charge on any atom is -0.352 e. The molecule has 1 aliphatic rings. The van der Waals surface area contributed by atoms with Gasteiger partial charge in [0.1, 0.15) is 6.04 Å². The lowest BCUT2D eigenvalue weighted by atomic mass is 9.95. The van der Waals surface area contributed by atoms with Gasteiger partial charge in [0, 0.05) is 32.6 Å². The van der Waals surface area contributed by atoms with E-state index in [0.29, 0.717) is 19.4 Å². The average Bonchev–Trinajstić information content (AvgIpc) is 2.89. The monoisotopic (exact) mass is 527 g/mol. The van der Waals surface area contributed by atoms with Gasteiger partial charge in [0.05, 0.1) is 4.90 Å². The average molecular weight is 528 g/mol. The lowest BCUT2D eigenvalue weighted by Crippen LogP contribution is -2.51. The molecule has 0 spiro atoms. The van der Waals surface area contributed by atoms with Crippen molar-refractivity contribution in [1.82, 2.24) is 14.5 Å². The van der Waals surface area contributed by atoms with Crippen LogP contribution in [0.5, 0.6) is 0 Å². The zero-order chi connectivity index (χ0) is 26.8. The van der Waals surface area contributed by atoms with Crippen LogP contribution in [0.3, 0.4) is 0 Å². The van der Waals surface area contributed by atoms with Crippen LogP contribution in [0.4, 0.5) is 0 Å². The van der Waals surface area contributed by atoms with Gasteiger partial charge >= 0.3 is 0 Å². The Labute approximate surface area is 222 Å². The number of rotatable bonds is 12. The zero-order valence-corrected chi connectivity index (χ0v) is 23.2. The predicted octanol–water partition coefficient (Wildman–Crippen LogP) is 4.65. The first-order chi connectivity index (χ1) is 17.7. The molecule has 2 aromatic rings. The van der Waals surface area contributed by atoms with Crippen molar-refractivity contribution < 1.29 is 18.0 Å². The quantitative estimate of drug-likeness (QED) is 0.435. The van der Waals surface area contributed by atoms with Crippen LogP contribution in [0.15, 0.2) is 59.5 Å². The lowest BCUT2D eigenvalue weighted by molar-refractivity contribution is -0.141. The number of carbonyl (C=O) groups excluding carboxylic acids is 2. The number of benzene rings is 2. The molecule has 2 aromatic carbocycles. The molecule has 1 saturated carbocycles. The van der Waals surface area contributed by atoms with E-state index < -0.39 is 16.1 Å². The molecule has 0 aromatic heterocycles. The molecule has 2 amide bonds. The van der Waals surface area contributed by atoms with Crippen molar-refractivity contribution >= 4 is 21.8 Å². The van der Waals surface area contributed by atoms with Gasteiger partial charge in [-0.2, -0.15) is 0 Å². The van der Waals surface area contributed by atoms with Crippen molar-refractivity contribution in [1.29, 1.82) is 0 Å². The summed E-state index contributed by atoms with van der Waals surface area (Å²) in [6, 6.07) is 15.9. The highest BCUT2D eigenvalue weighted by Crippen LogP contribution is 2.20. The lowest BCUT2D eigenvalue weighted by Gasteiger charge is -2.33. The second-order valence-corrected chi connectivity index (χ2v) is 12.1. The number of hydrogen-bond donors (Lipinski definition) is 1. The molecule has 3 rings (SSSR count). The number of amides is 2. The van der Waals surface area contributed by atoms with E-state index >= 15 is 0 Å². The second kappa shape index (κ2) is 13.7. The summed E-state index contributed by atoms with van der Waals surface area (Å²) in [5.41, 5.74) is 2.07.